The average molecular weight is 391 g/mol. The van der Waals surface area contributed by atoms with Gasteiger partial charge in [-0.05, 0) is 44.2 Å². The van der Waals surface area contributed by atoms with Gasteiger partial charge in [0.05, 0.1) is 11.4 Å². The van der Waals surface area contributed by atoms with Crippen LogP contribution in [0.1, 0.15) is 35.4 Å². The lowest BCUT2D eigenvalue weighted by molar-refractivity contribution is -0.134. The number of fused-ring (bicyclic) bond motifs is 2. The fraction of sp³-hybridized carbons (Fsp3) is 0.700. The second kappa shape index (κ2) is 7.89. The number of hydrogen-bond acceptors (Lipinski definition) is 5. The van der Waals surface area contributed by atoms with Crippen molar-refractivity contribution < 1.29 is 9.59 Å². The third-order valence-corrected chi connectivity index (χ3v) is 7.57. The lowest BCUT2D eigenvalue weighted by Gasteiger charge is -2.45. The number of likely N-dealkylation sites (N-methyl/N-ethyl adjacent to an activating group) is 1. The predicted molar refractivity (Wildman–Crippen MR) is 107 cm³/mol. The fourth-order valence-electron chi connectivity index (χ4n) is 4.98. The zero-order chi connectivity index (χ0) is 19.0. The fourth-order valence-corrected chi connectivity index (χ4v) is 5.70. The minimum absolute atomic E-state index is 0.0607. The van der Waals surface area contributed by atoms with Crippen molar-refractivity contribution in [2.75, 3.05) is 46.8 Å². The number of amides is 2. The molecule has 2 amide bonds. The van der Waals surface area contributed by atoms with Gasteiger partial charge < -0.3 is 14.7 Å². The van der Waals surface area contributed by atoms with Crippen LogP contribution in [0.2, 0.25) is 0 Å². The van der Waals surface area contributed by atoms with Crippen LogP contribution < -0.4 is 0 Å². The lowest BCUT2D eigenvalue weighted by atomic mass is 9.96. The monoisotopic (exact) mass is 390 g/mol. The van der Waals surface area contributed by atoms with Crippen molar-refractivity contribution >= 4 is 23.2 Å². The Balaban J connectivity index is 1.25. The van der Waals surface area contributed by atoms with Crippen LogP contribution in [-0.2, 0) is 4.79 Å². The molecular weight excluding hydrogens is 360 g/mol. The molecule has 0 radical (unpaired) electrons. The first kappa shape index (κ1) is 18.9. The third-order valence-electron chi connectivity index (χ3n) is 6.71. The topological polar surface area (TPSA) is 47.1 Å². The molecule has 27 heavy (non-hydrogen) atoms. The smallest absolute Gasteiger partial charge is 0.264 e. The van der Waals surface area contributed by atoms with Gasteiger partial charge in [-0.1, -0.05) is 6.07 Å². The van der Waals surface area contributed by atoms with E-state index in [4.69, 9.17) is 0 Å². The molecule has 1 aromatic heterocycles. The van der Waals surface area contributed by atoms with Gasteiger partial charge in [-0.2, -0.15) is 0 Å². The van der Waals surface area contributed by atoms with E-state index in [9.17, 15) is 9.59 Å². The molecule has 3 atom stereocenters. The number of hydrogen-bond donors (Lipinski definition) is 0. The maximum Gasteiger partial charge on any atom is 0.264 e. The number of piperazine rings is 1. The van der Waals surface area contributed by atoms with Gasteiger partial charge in [0, 0.05) is 51.4 Å². The van der Waals surface area contributed by atoms with E-state index in [1.54, 1.807) is 7.05 Å². The maximum atomic E-state index is 12.6. The Kier molecular flexibility index (Phi) is 5.53. The molecule has 148 valence electrons. The molecule has 1 aromatic rings. The Hall–Kier alpha value is -1.44. The highest BCUT2D eigenvalue weighted by molar-refractivity contribution is 7.12. The van der Waals surface area contributed by atoms with Crippen molar-refractivity contribution in [3.63, 3.8) is 0 Å². The first-order valence-corrected chi connectivity index (χ1v) is 10.9. The van der Waals surface area contributed by atoms with Crippen LogP contribution in [0.25, 0.3) is 0 Å². The molecule has 1 unspecified atom stereocenters. The van der Waals surface area contributed by atoms with Gasteiger partial charge >= 0.3 is 0 Å². The van der Waals surface area contributed by atoms with Gasteiger partial charge in [0.2, 0.25) is 5.91 Å². The summed E-state index contributed by atoms with van der Waals surface area (Å²) in [6.45, 7) is 3.64. The maximum absolute atomic E-state index is 12.6. The van der Waals surface area contributed by atoms with Gasteiger partial charge in [0.15, 0.2) is 0 Å². The van der Waals surface area contributed by atoms with Crippen LogP contribution in [0.15, 0.2) is 17.5 Å². The zero-order valence-corrected chi connectivity index (χ0v) is 17.2. The van der Waals surface area contributed by atoms with E-state index in [-0.39, 0.29) is 18.4 Å². The summed E-state index contributed by atoms with van der Waals surface area (Å²) >= 11 is 1.42. The summed E-state index contributed by atoms with van der Waals surface area (Å²) in [5.74, 6) is -0.00992. The first-order valence-electron chi connectivity index (χ1n) is 10.1. The lowest BCUT2D eigenvalue weighted by Crippen LogP contribution is -2.56. The molecule has 3 aliphatic rings. The molecule has 2 bridgehead atoms. The molecule has 3 aliphatic heterocycles. The Morgan fingerprint density at radius 3 is 2.37 bits per heavy atom. The minimum atomic E-state index is -0.0706. The highest BCUT2D eigenvalue weighted by Gasteiger charge is 2.41. The van der Waals surface area contributed by atoms with Crippen molar-refractivity contribution in [2.24, 2.45) is 0 Å². The Bertz CT molecular complexity index is 658. The number of piperidine rings is 1. The van der Waals surface area contributed by atoms with Gasteiger partial charge in [0.1, 0.15) is 0 Å². The molecule has 4 heterocycles. The zero-order valence-electron chi connectivity index (χ0n) is 16.3. The molecule has 7 heteroatoms. The standard InChI is InChI=1S/C20H30N4O2S/c1-21(20(26)18-4-3-11-27-18)14-19(25)24-9-7-23(8-10-24)17-12-15-5-6-16(13-17)22(15)2/h3-4,11,15-17H,5-10,12-14H2,1-2H3/t15-,16+,17?. The molecule has 3 fully saturated rings. The molecule has 0 aromatic carbocycles. The highest BCUT2D eigenvalue weighted by Crippen LogP contribution is 2.36. The molecule has 0 aliphatic carbocycles. The number of carbonyl (C=O) groups excluding carboxylic acids is 2. The summed E-state index contributed by atoms with van der Waals surface area (Å²) in [5.41, 5.74) is 0. The van der Waals surface area contributed by atoms with Crippen LogP contribution in [0.4, 0.5) is 0 Å². The van der Waals surface area contributed by atoms with Crippen molar-refractivity contribution in [3.05, 3.63) is 22.4 Å². The van der Waals surface area contributed by atoms with Crippen LogP contribution in [0.3, 0.4) is 0 Å². The van der Waals surface area contributed by atoms with Crippen molar-refractivity contribution in [1.82, 2.24) is 19.6 Å². The number of nitrogens with zero attached hydrogens (tertiary/aromatic N) is 4. The van der Waals surface area contributed by atoms with E-state index in [1.807, 2.05) is 22.4 Å². The normalized spacial score (nSPS) is 29.1. The van der Waals surface area contributed by atoms with Crippen molar-refractivity contribution in [3.8, 4) is 0 Å². The molecule has 6 nitrogen and oxygen atoms in total. The summed E-state index contributed by atoms with van der Waals surface area (Å²) < 4.78 is 0. The molecular formula is C20H30N4O2S. The number of rotatable bonds is 4. The summed E-state index contributed by atoms with van der Waals surface area (Å²) in [7, 11) is 3.99. The van der Waals surface area contributed by atoms with Crippen molar-refractivity contribution in [1.29, 1.82) is 0 Å². The average Bonchev–Trinajstić information content (AvgIpc) is 3.26. The summed E-state index contributed by atoms with van der Waals surface area (Å²) in [4.78, 5) is 34.3. The Labute approximate surface area is 165 Å². The second-order valence-electron chi connectivity index (χ2n) is 8.23. The van der Waals surface area contributed by atoms with Crippen LogP contribution in [0, 0.1) is 0 Å². The number of carbonyl (C=O) groups is 2. The molecule has 0 spiro atoms. The first-order chi connectivity index (χ1) is 13.0. The molecule has 3 saturated heterocycles. The van der Waals surface area contributed by atoms with E-state index in [2.05, 4.69) is 16.8 Å². The second-order valence-corrected chi connectivity index (χ2v) is 9.18. The van der Waals surface area contributed by atoms with Gasteiger partial charge in [-0.25, -0.2) is 0 Å². The largest absolute Gasteiger partial charge is 0.339 e. The Morgan fingerprint density at radius 2 is 1.78 bits per heavy atom. The minimum Gasteiger partial charge on any atom is -0.339 e. The SMILES string of the molecule is CN(CC(=O)N1CCN(C2C[C@H]3CC[C@@H](C2)N3C)CC1)C(=O)c1cccs1. The molecule has 4 rings (SSSR count). The van der Waals surface area contributed by atoms with Crippen LogP contribution in [-0.4, -0.2) is 96.4 Å². The Morgan fingerprint density at radius 1 is 1.11 bits per heavy atom. The summed E-state index contributed by atoms with van der Waals surface area (Å²) in [6.07, 6.45) is 5.25. The van der Waals surface area contributed by atoms with Gasteiger partial charge in [-0.3, -0.25) is 14.5 Å². The predicted octanol–water partition coefficient (Wildman–Crippen LogP) is 1.59. The van der Waals surface area contributed by atoms with E-state index in [0.717, 1.165) is 38.3 Å². The van der Waals surface area contributed by atoms with E-state index in [0.29, 0.717) is 10.9 Å². The summed E-state index contributed by atoms with van der Waals surface area (Å²) in [6, 6.07) is 5.86. The quantitative estimate of drug-likeness (QED) is 0.783. The molecule has 0 N–H and O–H groups in total. The summed E-state index contributed by atoms with van der Waals surface area (Å²) in [5, 5.41) is 1.89. The highest BCUT2D eigenvalue weighted by atomic mass is 32.1. The van der Waals surface area contributed by atoms with E-state index >= 15 is 0 Å². The van der Waals surface area contributed by atoms with Gasteiger partial charge in [-0.15, -0.1) is 11.3 Å². The molecule has 0 saturated carbocycles. The van der Waals surface area contributed by atoms with Crippen molar-refractivity contribution in [2.45, 2.75) is 43.8 Å². The van der Waals surface area contributed by atoms with Crippen LogP contribution in [0.5, 0.6) is 0 Å². The van der Waals surface area contributed by atoms with Crippen LogP contribution >= 0.6 is 11.3 Å². The van der Waals surface area contributed by atoms with E-state index in [1.165, 1.54) is 41.9 Å². The third kappa shape index (κ3) is 3.91. The number of thiophene rings is 1. The van der Waals surface area contributed by atoms with Gasteiger partial charge in [0.25, 0.3) is 5.91 Å². The van der Waals surface area contributed by atoms with E-state index < -0.39 is 0 Å².